The van der Waals surface area contributed by atoms with Gasteiger partial charge in [0, 0.05) is 24.7 Å². The minimum absolute atomic E-state index is 0.156. The summed E-state index contributed by atoms with van der Waals surface area (Å²) in [7, 11) is 0. The summed E-state index contributed by atoms with van der Waals surface area (Å²) in [6.07, 6.45) is 14.1. The van der Waals surface area contributed by atoms with Crippen molar-refractivity contribution in [1.29, 1.82) is 0 Å². The van der Waals surface area contributed by atoms with Crippen LogP contribution in [0, 0.1) is 5.41 Å². The van der Waals surface area contributed by atoms with Crippen molar-refractivity contribution >= 4 is 17.9 Å². The fourth-order valence-corrected chi connectivity index (χ4v) is 2.50. The minimum atomic E-state index is -0.711. The van der Waals surface area contributed by atoms with Gasteiger partial charge in [-0.1, -0.05) is 79.1 Å². The third-order valence-corrected chi connectivity index (χ3v) is 5.18. The SMILES string of the molecule is CCC(CO)(CO)CO.CCCC(=O)O.CCCC(=O)O.CCCCCCCCCCCC(=O)O. The Bertz CT molecular complexity index is 430. The van der Waals surface area contributed by atoms with Crippen LogP contribution in [0.4, 0.5) is 0 Å². The molecule has 0 atom stereocenters. The van der Waals surface area contributed by atoms with Crippen molar-refractivity contribution in [1.82, 2.24) is 0 Å². The summed E-state index contributed by atoms with van der Waals surface area (Å²) >= 11 is 0. The molecule has 212 valence electrons. The van der Waals surface area contributed by atoms with Crippen LogP contribution in [0.3, 0.4) is 0 Å². The Balaban J connectivity index is -0.000000197. The largest absolute Gasteiger partial charge is 0.481 e. The molecule has 0 rings (SSSR count). The van der Waals surface area contributed by atoms with E-state index in [1.165, 1.54) is 44.9 Å². The predicted molar refractivity (Wildman–Crippen MR) is 139 cm³/mol. The van der Waals surface area contributed by atoms with Crippen LogP contribution in [0.25, 0.3) is 0 Å². The Morgan fingerprint density at radius 1 is 0.486 bits per heavy atom. The molecule has 0 spiro atoms. The van der Waals surface area contributed by atoms with Gasteiger partial charge in [-0.25, -0.2) is 0 Å². The number of hydrogen-bond acceptors (Lipinski definition) is 6. The van der Waals surface area contributed by atoms with E-state index in [4.69, 9.17) is 30.6 Å². The molecule has 0 aliphatic heterocycles. The van der Waals surface area contributed by atoms with E-state index in [0.717, 1.165) is 25.7 Å². The van der Waals surface area contributed by atoms with Crippen LogP contribution in [0.1, 0.15) is 124 Å². The highest BCUT2D eigenvalue weighted by Gasteiger charge is 2.24. The molecule has 0 bridgehead atoms. The number of hydrogen-bond donors (Lipinski definition) is 6. The van der Waals surface area contributed by atoms with E-state index in [2.05, 4.69) is 6.92 Å². The van der Waals surface area contributed by atoms with Gasteiger partial charge in [-0.2, -0.15) is 0 Å². The standard InChI is InChI=1S/C12H24O2.C6H14O3.2C4H8O2/c1-2-3-4-5-6-7-8-9-10-11-12(13)14;1-2-6(3-7,4-8)5-9;2*1-2-3-4(5)6/h2-11H2,1H3,(H,13,14);7-9H,2-5H2,1H3;2*2-3H2,1H3,(H,5,6). The lowest BCUT2D eigenvalue weighted by Gasteiger charge is -2.24. The van der Waals surface area contributed by atoms with Crippen molar-refractivity contribution in [2.24, 2.45) is 5.41 Å². The maximum absolute atomic E-state index is 10.2. The van der Waals surface area contributed by atoms with Crippen LogP contribution in [-0.2, 0) is 14.4 Å². The van der Waals surface area contributed by atoms with Crippen molar-refractivity contribution in [2.45, 2.75) is 124 Å². The molecule has 0 saturated heterocycles. The smallest absolute Gasteiger partial charge is 0.303 e. The minimum Gasteiger partial charge on any atom is -0.481 e. The summed E-state index contributed by atoms with van der Waals surface area (Å²) in [6.45, 7) is 7.26. The summed E-state index contributed by atoms with van der Waals surface area (Å²) in [5.74, 6) is -2.08. The van der Waals surface area contributed by atoms with Crippen LogP contribution >= 0.6 is 0 Å². The van der Waals surface area contributed by atoms with Crippen LogP contribution < -0.4 is 0 Å². The monoisotopic (exact) mass is 510 g/mol. The highest BCUT2D eigenvalue weighted by atomic mass is 16.4. The number of rotatable bonds is 18. The number of unbranched alkanes of at least 4 members (excludes halogenated alkanes) is 8. The van der Waals surface area contributed by atoms with Gasteiger partial charge in [-0.3, -0.25) is 14.4 Å². The Labute approximate surface area is 212 Å². The first-order valence-electron chi connectivity index (χ1n) is 13.0. The average Bonchev–Trinajstić information content (AvgIpc) is 2.81. The summed E-state index contributed by atoms with van der Waals surface area (Å²) in [6, 6.07) is 0. The first-order chi connectivity index (χ1) is 16.6. The molecule has 0 fully saturated rings. The molecule has 0 saturated carbocycles. The van der Waals surface area contributed by atoms with Crippen molar-refractivity contribution < 1.29 is 45.0 Å². The lowest BCUT2D eigenvalue weighted by molar-refractivity contribution is -0.138. The van der Waals surface area contributed by atoms with Crippen LogP contribution in [-0.4, -0.2) is 68.4 Å². The van der Waals surface area contributed by atoms with Gasteiger partial charge in [-0.15, -0.1) is 0 Å². The zero-order chi connectivity index (χ0) is 28.0. The second-order valence-electron chi connectivity index (χ2n) is 8.59. The van der Waals surface area contributed by atoms with E-state index in [0.29, 0.717) is 25.7 Å². The molecular weight excluding hydrogens is 456 g/mol. The molecule has 9 heteroatoms. The average molecular weight is 511 g/mol. The second kappa shape index (κ2) is 32.3. The number of carboxylic acid groups (broad SMARTS) is 3. The van der Waals surface area contributed by atoms with Gasteiger partial charge in [0.05, 0.1) is 19.8 Å². The fraction of sp³-hybridized carbons (Fsp3) is 0.885. The van der Waals surface area contributed by atoms with Crippen molar-refractivity contribution in [2.75, 3.05) is 19.8 Å². The summed E-state index contributed by atoms with van der Waals surface area (Å²) in [4.78, 5) is 29.4. The van der Waals surface area contributed by atoms with Gasteiger partial charge in [0.1, 0.15) is 0 Å². The highest BCUT2D eigenvalue weighted by Crippen LogP contribution is 2.18. The molecule has 0 amide bonds. The number of aliphatic hydroxyl groups excluding tert-OH is 3. The van der Waals surface area contributed by atoms with E-state index in [1.54, 1.807) is 0 Å². The highest BCUT2D eigenvalue weighted by molar-refractivity contribution is 5.67. The summed E-state index contributed by atoms with van der Waals surface area (Å²) < 4.78 is 0. The Morgan fingerprint density at radius 2 is 0.800 bits per heavy atom. The van der Waals surface area contributed by atoms with Gasteiger partial charge >= 0.3 is 17.9 Å². The van der Waals surface area contributed by atoms with E-state index >= 15 is 0 Å². The molecule has 9 nitrogen and oxygen atoms in total. The maximum Gasteiger partial charge on any atom is 0.303 e. The zero-order valence-corrected chi connectivity index (χ0v) is 22.6. The summed E-state index contributed by atoms with van der Waals surface area (Å²) in [5.41, 5.74) is -0.667. The lowest BCUT2D eigenvalue weighted by Crippen LogP contribution is -2.32. The van der Waals surface area contributed by atoms with Crippen LogP contribution in [0.5, 0.6) is 0 Å². The molecule has 0 aliphatic carbocycles. The number of carboxylic acids is 3. The van der Waals surface area contributed by atoms with Crippen molar-refractivity contribution in [3.63, 3.8) is 0 Å². The third kappa shape index (κ3) is 39.8. The third-order valence-electron chi connectivity index (χ3n) is 5.18. The second-order valence-corrected chi connectivity index (χ2v) is 8.59. The Kier molecular flexibility index (Phi) is 37.3. The molecule has 35 heavy (non-hydrogen) atoms. The molecule has 0 radical (unpaired) electrons. The lowest BCUT2D eigenvalue weighted by atomic mass is 9.88. The van der Waals surface area contributed by atoms with E-state index in [1.807, 2.05) is 20.8 Å². The number of aliphatic carboxylic acids is 3. The van der Waals surface area contributed by atoms with Crippen molar-refractivity contribution in [3.05, 3.63) is 0 Å². The molecule has 6 N–H and O–H groups in total. The predicted octanol–water partition coefficient (Wildman–Crippen LogP) is 5.09. The Morgan fingerprint density at radius 3 is 0.971 bits per heavy atom. The van der Waals surface area contributed by atoms with Gasteiger partial charge in [0.25, 0.3) is 0 Å². The molecule has 0 aromatic heterocycles. The van der Waals surface area contributed by atoms with Gasteiger partial charge in [-0.05, 0) is 25.7 Å². The Hall–Kier alpha value is -1.71. The van der Waals surface area contributed by atoms with E-state index in [-0.39, 0.29) is 19.8 Å². The molecular formula is C26H54O9. The first kappa shape index (κ1) is 40.5. The van der Waals surface area contributed by atoms with Crippen LogP contribution in [0.2, 0.25) is 0 Å². The van der Waals surface area contributed by atoms with Gasteiger partial charge < -0.3 is 30.6 Å². The normalized spacial score (nSPS) is 10.0. The van der Waals surface area contributed by atoms with Gasteiger partial charge in [0.2, 0.25) is 0 Å². The van der Waals surface area contributed by atoms with Crippen LogP contribution in [0.15, 0.2) is 0 Å². The maximum atomic E-state index is 10.2. The topological polar surface area (TPSA) is 173 Å². The van der Waals surface area contributed by atoms with E-state index < -0.39 is 23.3 Å². The molecule has 0 aromatic carbocycles. The summed E-state index contributed by atoms with van der Waals surface area (Å²) in [5, 5.41) is 50.2. The fourth-order valence-electron chi connectivity index (χ4n) is 2.50. The first-order valence-corrected chi connectivity index (χ1v) is 13.0. The molecule has 0 aromatic rings. The number of aliphatic hydroxyl groups is 3. The van der Waals surface area contributed by atoms with Crippen molar-refractivity contribution in [3.8, 4) is 0 Å². The molecule has 0 unspecified atom stereocenters. The molecule has 0 aliphatic rings. The number of carbonyl (C=O) groups is 3. The van der Waals surface area contributed by atoms with Gasteiger partial charge in [0.15, 0.2) is 0 Å². The zero-order valence-electron chi connectivity index (χ0n) is 22.6. The van der Waals surface area contributed by atoms with E-state index in [9.17, 15) is 14.4 Å². The quantitative estimate of drug-likeness (QED) is 0.137. The molecule has 0 heterocycles.